The number of carbonyl (C=O) groups is 1. The SMILES string of the molecule is Cc1cccc(CNC(=O)c2cc(C(C)C)nc3onc(C)c23)n1. The van der Waals surface area contributed by atoms with Gasteiger partial charge in [-0.1, -0.05) is 25.1 Å². The third-order valence-electron chi connectivity index (χ3n) is 3.85. The third kappa shape index (κ3) is 3.13. The fourth-order valence-corrected chi connectivity index (χ4v) is 2.55. The first-order valence-electron chi connectivity index (χ1n) is 7.93. The number of aromatic nitrogens is 3. The molecule has 6 nitrogen and oxygen atoms in total. The summed E-state index contributed by atoms with van der Waals surface area (Å²) in [4.78, 5) is 21.5. The summed E-state index contributed by atoms with van der Waals surface area (Å²) < 4.78 is 5.26. The van der Waals surface area contributed by atoms with Crippen LogP contribution in [0.4, 0.5) is 0 Å². The van der Waals surface area contributed by atoms with Crippen molar-refractivity contribution in [2.75, 3.05) is 0 Å². The van der Waals surface area contributed by atoms with E-state index in [4.69, 9.17) is 4.52 Å². The molecule has 6 heteroatoms. The molecule has 0 saturated carbocycles. The van der Waals surface area contributed by atoms with Crippen molar-refractivity contribution in [3.63, 3.8) is 0 Å². The molecule has 0 fully saturated rings. The zero-order valence-corrected chi connectivity index (χ0v) is 14.3. The molecule has 0 unspecified atom stereocenters. The minimum atomic E-state index is -0.182. The molecule has 0 aliphatic heterocycles. The fraction of sp³-hybridized carbons (Fsp3) is 0.333. The summed E-state index contributed by atoms with van der Waals surface area (Å²) in [6.07, 6.45) is 0. The number of fused-ring (bicyclic) bond motifs is 1. The van der Waals surface area contributed by atoms with Crippen LogP contribution in [-0.2, 0) is 6.54 Å². The van der Waals surface area contributed by atoms with Crippen LogP contribution in [-0.4, -0.2) is 21.0 Å². The van der Waals surface area contributed by atoms with Crippen molar-refractivity contribution in [2.45, 2.75) is 40.2 Å². The van der Waals surface area contributed by atoms with Gasteiger partial charge in [0.1, 0.15) is 0 Å². The van der Waals surface area contributed by atoms with Crippen molar-refractivity contribution < 1.29 is 9.32 Å². The fourth-order valence-electron chi connectivity index (χ4n) is 2.55. The summed E-state index contributed by atoms with van der Waals surface area (Å²) in [5, 5.41) is 7.52. The van der Waals surface area contributed by atoms with Gasteiger partial charge in [0.25, 0.3) is 11.6 Å². The molecule has 1 N–H and O–H groups in total. The number of rotatable bonds is 4. The highest BCUT2D eigenvalue weighted by atomic mass is 16.5. The van der Waals surface area contributed by atoms with E-state index in [9.17, 15) is 4.79 Å². The van der Waals surface area contributed by atoms with Crippen LogP contribution in [0.3, 0.4) is 0 Å². The van der Waals surface area contributed by atoms with E-state index in [0.29, 0.717) is 28.9 Å². The Labute approximate surface area is 140 Å². The molecule has 0 aliphatic carbocycles. The first kappa shape index (κ1) is 16.1. The average Bonchev–Trinajstić information content (AvgIpc) is 2.93. The normalized spacial score (nSPS) is 11.2. The Kier molecular flexibility index (Phi) is 4.29. The largest absolute Gasteiger partial charge is 0.346 e. The van der Waals surface area contributed by atoms with Crippen LogP contribution in [0.5, 0.6) is 0 Å². The highest BCUT2D eigenvalue weighted by Crippen LogP contribution is 2.25. The van der Waals surface area contributed by atoms with Crippen LogP contribution in [0.2, 0.25) is 0 Å². The van der Waals surface area contributed by atoms with Crippen molar-refractivity contribution >= 4 is 17.0 Å². The van der Waals surface area contributed by atoms with E-state index < -0.39 is 0 Å². The Morgan fingerprint density at radius 1 is 1.25 bits per heavy atom. The molecule has 0 aromatic carbocycles. The average molecular weight is 324 g/mol. The summed E-state index contributed by atoms with van der Waals surface area (Å²) in [6.45, 7) is 8.14. The van der Waals surface area contributed by atoms with Gasteiger partial charge in [-0.25, -0.2) is 4.98 Å². The number of carbonyl (C=O) groups excluding carboxylic acids is 1. The second kappa shape index (κ2) is 6.39. The van der Waals surface area contributed by atoms with Crippen molar-refractivity contribution in [3.8, 4) is 0 Å². The predicted octanol–water partition coefficient (Wildman–Crippen LogP) is 3.29. The summed E-state index contributed by atoms with van der Waals surface area (Å²) in [6, 6.07) is 7.55. The van der Waals surface area contributed by atoms with Gasteiger partial charge in [-0.2, -0.15) is 0 Å². The van der Waals surface area contributed by atoms with Gasteiger partial charge in [0.2, 0.25) is 0 Å². The molecule has 1 amide bonds. The predicted molar refractivity (Wildman–Crippen MR) is 90.8 cm³/mol. The Balaban J connectivity index is 1.92. The zero-order valence-electron chi connectivity index (χ0n) is 14.3. The van der Waals surface area contributed by atoms with E-state index in [1.165, 1.54) is 0 Å². The Morgan fingerprint density at radius 3 is 2.75 bits per heavy atom. The first-order chi connectivity index (χ1) is 11.5. The molecule has 0 bridgehead atoms. The molecular weight excluding hydrogens is 304 g/mol. The van der Waals surface area contributed by atoms with Gasteiger partial charge in [0, 0.05) is 11.4 Å². The number of hydrogen-bond acceptors (Lipinski definition) is 5. The lowest BCUT2D eigenvalue weighted by atomic mass is 10.0. The summed E-state index contributed by atoms with van der Waals surface area (Å²) in [5.41, 5.74) is 4.14. The van der Waals surface area contributed by atoms with Crippen LogP contribution in [0.25, 0.3) is 11.1 Å². The van der Waals surface area contributed by atoms with Gasteiger partial charge in [-0.3, -0.25) is 9.78 Å². The van der Waals surface area contributed by atoms with Crippen molar-refractivity contribution in [2.24, 2.45) is 0 Å². The molecule has 3 rings (SSSR count). The number of nitrogens with zero attached hydrogens (tertiary/aromatic N) is 3. The maximum absolute atomic E-state index is 12.7. The number of pyridine rings is 2. The standard InChI is InChI=1S/C18H20N4O2/c1-10(2)15-8-14(16-12(4)22-24-18(16)21-15)17(23)19-9-13-7-5-6-11(3)20-13/h5-8,10H,9H2,1-4H3,(H,19,23). The molecule has 0 radical (unpaired) electrons. The third-order valence-corrected chi connectivity index (χ3v) is 3.85. The van der Waals surface area contributed by atoms with E-state index in [2.05, 4.69) is 20.4 Å². The van der Waals surface area contributed by atoms with Crippen molar-refractivity contribution in [1.82, 2.24) is 20.4 Å². The van der Waals surface area contributed by atoms with Gasteiger partial charge in [0.15, 0.2) is 0 Å². The molecule has 0 atom stereocenters. The van der Waals surface area contributed by atoms with Gasteiger partial charge in [-0.05, 0) is 38.0 Å². The molecule has 3 aromatic rings. The van der Waals surface area contributed by atoms with Crippen LogP contribution < -0.4 is 5.32 Å². The smallest absolute Gasteiger partial charge is 0.259 e. The maximum atomic E-state index is 12.7. The summed E-state index contributed by atoms with van der Waals surface area (Å²) in [5.74, 6) is 0.00343. The lowest BCUT2D eigenvalue weighted by molar-refractivity contribution is 0.0951. The minimum Gasteiger partial charge on any atom is -0.346 e. The van der Waals surface area contributed by atoms with E-state index >= 15 is 0 Å². The Bertz CT molecular complexity index is 899. The molecule has 0 spiro atoms. The van der Waals surface area contributed by atoms with Crippen LogP contribution in [0.15, 0.2) is 28.8 Å². The number of amides is 1. The molecule has 0 saturated heterocycles. The maximum Gasteiger partial charge on any atom is 0.259 e. The monoisotopic (exact) mass is 324 g/mol. The van der Waals surface area contributed by atoms with E-state index in [1.54, 1.807) is 6.92 Å². The van der Waals surface area contributed by atoms with E-state index in [1.807, 2.05) is 45.0 Å². The van der Waals surface area contributed by atoms with Crippen molar-refractivity contribution in [1.29, 1.82) is 0 Å². The second-order valence-corrected chi connectivity index (χ2v) is 6.15. The van der Waals surface area contributed by atoms with E-state index in [0.717, 1.165) is 17.1 Å². The molecule has 0 aliphatic rings. The lowest BCUT2D eigenvalue weighted by Gasteiger charge is -2.09. The van der Waals surface area contributed by atoms with Crippen LogP contribution in [0.1, 0.15) is 52.9 Å². The Hall–Kier alpha value is -2.76. The molecule has 124 valence electrons. The molecular formula is C18H20N4O2. The van der Waals surface area contributed by atoms with Crippen LogP contribution in [0, 0.1) is 13.8 Å². The topological polar surface area (TPSA) is 80.9 Å². The lowest BCUT2D eigenvalue weighted by Crippen LogP contribution is -2.24. The summed E-state index contributed by atoms with van der Waals surface area (Å²) >= 11 is 0. The van der Waals surface area contributed by atoms with Gasteiger partial charge >= 0.3 is 0 Å². The second-order valence-electron chi connectivity index (χ2n) is 6.15. The molecule has 24 heavy (non-hydrogen) atoms. The quantitative estimate of drug-likeness (QED) is 0.796. The Morgan fingerprint density at radius 2 is 2.04 bits per heavy atom. The molecule has 3 aromatic heterocycles. The number of hydrogen-bond donors (Lipinski definition) is 1. The number of aryl methyl sites for hydroxylation is 2. The van der Waals surface area contributed by atoms with E-state index in [-0.39, 0.29) is 11.8 Å². The van der Waals surface area contributed by atoms with Gasteiger partial charge in [0.05, 0.1) is 28.9 Å². The molecule has 3 heterocycles. The van der Waals surface area contributed by atoms with Gasteiger partial charge in [-0.15, -0.1) is 0 Å². The zero-order chi connectivity index (χ0) is 17.3. The first-order valence-corrected chi connectivity index (χ1v) is 7.93. The van der Waals surface area contributed by atoms with Crippen molar-refractivity contribution in [3.05, 3.63) is 52.6 Å². The minimum absolute atomic E-state index is 0.182. The highest BCUT2D eigenvalue weighted by Gasteiger charge is 2.19. The summed E-state index contributed by atoms with van der Waals surface area (Å²) in [7, 11) is 0. The highest BCUT2D eigenvalue weighted by molar-refractivity contribution is 6.06. The van der Waals surface area contributed by atoms with Crippen LogP contribution >= 0.6 is 0 Å². The number of nitrogens with one attached hydrogen (secondary N) is 1. The van der Waals surface area contributed by atoms with Gasteiger partial charge < -0.3 is 9.84 Å².